The molecule has 0 saturated carbocycles. The molecule has 2 aromatic rings. The Hall–Kier alpha value is -1.87. The SMILES string of the molecule is Cc1ccc([C@@H]2CCCN2C(=O)c2c(F)cccc2Cl)cc1. The van der Waals surface area contributed by atoms with Gasteiger partial charge in [-0.3, -0.25) is 4.79 Å². The van der Waals surface area contributed by atoms with Crippen LogP contribution in [0.15, 0.2) is 42.5 Å². The monoisotopic (exact) mass is 317 g/mol. The first kappa shape index (κ1) is 15.0. The van der Waals surface area contributed by atoms with Crippen LogP contribution in [0.2, 0.25) is 5.02 Å². The van der Waals surface area contributed by atoms with Crippen molar-refractivity contribution in [1.29, 1.82) is 0 Å². The third kappa shape index (κ3) is 2.73. The third-order valence-electron chi connectivity index (χ3n) is 4.15. The lowest BCUT2D eigenvalue weighted by atomic mass is 10.0. The van der Waals surface area contributed by atoms with Gasteiger partial charge in [-0.1, -0.05) is 47.5 Å². The molecule has 1 amide bonds. The number of halogens is 2. The van der Waals surface area contributed by atoms with Crippen molar-refractivity contribution in [2.45, 2.75) is 25.8 Å². The van der Waals surface area contributed by atoms with Gasteiger partial charge in [-0.15, -0.1) is 0 Å². The normalized spacial score (nSPS) is 17.8. The van der Waals surface area contributed by atoms with E-state index >= 15 is 0 Å². The molecule has 22 heavy (non-hydrogen) atoms. The zero-order chi connectivity index (χ0) is 15.7. The minimum atomic E-state index is -0.563. The van der Waals surface area contributed by atoms with Crippen molar-refractivity contribution >= 4 is 17.5 Å². The molecule has 1 atom stereocenters. The molecule has 0 unspecified atom stereocenters. The Bertz CT molecular complexity index is 678. The number of carbonyl (C=O) groups is 1. The number of hydrogen-bond donors (Lipinski definition) is 0. The molecule has 0 N–H and O–H groups in total. The van der Waals surface area contributed by atoms with Crippen LogP contribution in [0, 0.1) is 12.7 Å². The van der Waals surface area contributed by atoms with Crippen molar-refractivity contribution in [3.8, 4) is 0 Å². The van der Waals surface area contributed by atoms with Gasteiger partial charge in [0.25, 0.3) is 5.91 Å². The van der Waals surface area contributed by atoms with Crippen molar-refractivity contribution < 1.29 is 9.18 Å². The van der Waals surface area contributed by atoms with E-state index in [1.54, 1.807) is 11.0 Å². The minimum absolute atomic E-state index is 0.0104. The highest BCUT2D eigenvalue weighted by Crippen LogP contribution is 2.34. The summed E-state index contributed by atoms with van der Waals surface area (Å²) >= 11 is 6.03. The summed E-state index contributed by atoms with van der Waals surface area (Å²) in [6.07, 6.45) is 1.80. The summed E-state index contributed by atoms with van der Waals surface area (Å²) in [7, 11) is 0. The maximum absolute atomic E-state index is 14.0. The van der Waals surface area contributed by atoms with Gasteiger partial charge in [0, 0.05) is 6.54 Å². The highest BCUT2D eigenvalue weighted by atomic mass is 35.5. The van der Waals surface area contributed by atoms with Crippen LogP contribution >= 0.6 is 11.6 Å². The molecule has 1 heterocycles. The molecule has 0 aliphatic carbocycles. The van der Waals surface area contributed by atoms with Crippen LogP contribution < -0.4 is 0 Å². The fourth-order valence-corrected chi connectivity index (χ4v) is 3.23. The summed E-state index contributed by atoms with van der Waals surface area (Å²) < 4.78 is 14.0. The van der Waals surface area contributed by atoms with Crippen LogP contribution in [0.4, 0.5) is 4.39 Å². The van der Waals surface area contributed by atoms with Gasteiger partial charge in [-0.25, -0.2) is 4.39 Å². The maximum atomic E-state index is 14.0. The molecule has 1 aliphatic rings. The average molecular weight is 318 g/mol. The van der Waals surface area contributed by atoms with E-state index in [2.05, 4.69) is 0 Å². The Morgan fingerprint density at radius 3 is 2.64 bits per heavy atom. The van der Waals surface area contributed by atoms with Crippen LogP contribution in [0.5, 0.6) is 0 Å². The average Bonchev–Trinajstić information content (AvgIpc) is 2.97. The molecule has 2 nitrogen and oxygen atoms in total. The lowest BCUT2D eigenvalue weighted by Gasteiger charge is -2.26. The van der Waals surface area contributed by atoms with Crippen molar-refractivity contribution in [1.82, 2.24) is 4.90 Å². The largest absolute Gasteiger partial charge is 0.331 e. The Balaban J connectivity index is 1.93. The van der Waals surface area contributed by atoms with Gasteiger partial charge in [0.05, 0.1) is 16.6 Å². The third-order valence-corrected chi connectivity index (χ3v) is 4.47. The first-order chi connectivity index (χ1) is 10.6. The Kier molecular flexibility index (Phi) is 4.16. The van der Waals surface area contributed by atoms with Crippen LogP contribution in [0.3, 0.4) is 0 Å². The summed E-state index contributed by atoms with van der Waals surface area (Å²) in [6.45, 7) is 2.66. The summed E-state index contributed by atoms with van der Waals surface area (Å²) in [5.74, 6) is -0.891. The molecule has 4 heteroatoms. The second-order valence-electron chi connectivity index (χ2n) is 5.66. The highest BCUT2D eigenvalue weighted by Gasteiger charge is 2.32. The Labute approximate surface area is 134 Å². The van der Waals surface area contributed by atoms with Crippen LogP contribution in [-0.2, 0) is 0 Å². The molecule has 0 radical (unpaired) electrons. The molecule has 3 rings (SSSR count). The van der Waals surface area contributed by atoms with Gasteiger partial charge in [0.1, 0.15) is 5.82 Å². The summed E-state index contributed by atoms with van der Waals surface area (Å²) in [5.41, 5.74) is 2.24. The van der Waals surface area contributed by atoms with Gasteiger partial charge in [-0.2, -0.15) is 0 Å². The first-order valence-electron chi connectivity index (χ1n) is 7.39. The van der Waals surface area contributed by atoms with E-state index in [-0.39, 0.29) is 22.5 Å². The second-order valence-corrected chi connectivity index (χ2v) is 6.07. The second kappa shape index (κ2) is 6.09. The van der Waals surface area contributed by atoms with E-state index in [4.69, 9.17) is 11.6 Å². The quantitative estimate of drug-likeness (QED) is 0.781. The number of likely N-dealkylation sites (tertiary alicyclic amines) is 1. The smallest absolute Gasteiger partial charge is 0.258 e. The lowest BCUT2D eigenvalue weighted by molar-refractivity contribution is 0.0731. The van der Waals surface area contributed by atoms with Crippen LogP contribution in [0.25, 0.3) is 0 Å². The van der Waals surface area contributed by atoms with Gasteiger partial charge in [-0.05, 0) is 37.5 Å². The summed E-state index contributed by atoms with van der Waals surface area (Å²) in [4.78, 5) is 14.5. The maximum Gasteiger partial charge on any atom is 0.258 e. The Morgan fingerprint density at radius 2 is 1.95 bits per heavy atom. The van der Waals surface area contributed by atoms with Crippen LogP contribution in [0.1, 0.15) is 40.4 Å². The molecule has 114 valence electrons. The van der Waals surface area contributed by atoms with E-state index in [0.29, 0.717) is 6.54 Å². The molecular formula is C18H17ClFNO. The molecule has 1 fully saturated rings. The topological polar surface area (TPSA) is 20.3 Å². The molecule has 2 aromatic carbocycles. The zero-order valence-electron chi connectivity index (χ0n) is 12.4. The number of rotatable bonds is 2. The van der Waals surface area contributed by atoms with Crippen molar-refractivity contribution in [3.63, 3.8) is 0 Å². The molecule has 0 aromatic heterocycles. The van der Waals surface area contributed by atoms with Gasteiger partial charge in [0.2, 0.25) is 0 Å². The Morgan fingerprint density at radius 1 is 1.23 bits per heavy atom. The van der Waals surface area contributed by atoms with Crippen molar-refractivity contribution in [2.24, 2.45) is 0 Å². The number of carbonyl (C=O) groups excluding carboxylic acids is 1. The first-order valence-corrected chi connectivity index (χ1v) is 7.77. The van der Waals surface area contributed by atoms with Crippen LogP contribution in [-0.4, -0.2) is 17.4 Å². The molecule has 1 aliphatic heterocycles. The number of hydrogen-bond acceptors (Lipinski definition) is 1. The summed E-state index contributed by atoms with van der Waals surface area (Å²) in [5, 5.41) is 0.166. The fourth-order valence-electron chi connectivity index (χ4n) is 2.99. The number of nitrogens with zero attached hydrogens (tertiary/aromatic N) is 1. The van der Waals surface area contributed by atoms with E-state index in [0.717, 1.165) is 18.4 Å². The molecule has 0 spiro atoms. The minimum Gasteiger partial charge on any atom is -0.331 e. The molecular weight excluding hydrogens is 301 g/mol. The van der Waals surface area contributed by atoms with Gasteiger partial charge in [0.15, 0.2) is 0 Å². The van der Waals surface area contributed by atoms with Gasteiger partial charge >= 0.3 is 0 Å². The van der Waals surface area contributed by atoms with Crippen molar-refractivity contribution in [3.05, 3.63) is 70.0 Å². The van der Waals surface area contributed by atoms with E-state index in [1.165, 1.54) is 17.7 Å². The predicted molar refractivity (Wildman–Crippen MR) is 85.6 cm³/mol. The van der Waals surface area contributed by atoms with Crippen molar-refractivity contribution in [2.75, 3.05) is 6.54 Å². The number of amides is 1. The zero-order valence-corrected chi connectivity index (χ0v) is 13.1. The van der Waals surface area contributed by atoms with Gasteiger partial charge < -0.3 is 4.90 Å². The van der Waals surface area contributed by atoms with E-state index < -0.39 is 5.82 Å². The highest BCUT2D eigenvalue weighted by molar-refractivity contribution is 6.33. The molecule has 0 bridgehead atoms. The number of aryl methyl sites for hydroxylation is 1. The van der Waals surface area contributed by atoms with E-state index in [9.17, 15) is 9.18 Å². The fraction of sp³-hybridized carbons (Fsp3) is 0.278. The predicted octanol–water partition coefficient (Wildman–Crippen LogP) is 4.76. The standard InChI is InChI=1S/C18H17ClFNO/c1-12-7-9-13(10-8-12)16-6-3-11-21(16)18(22)17-14(19)4-2-5-15(17)20/h2,4-5,7-10,16H,3,6,11H2,1H3/t16-/m0/s1. The van der Waals surface area contributed by atoms with E-state index in [1.807, 2.05) is 31.2 Å². The molecule has 1 saturated heterocycles. The number of benzene rings is 2. The lowest BCUT2D eigenvalue weighted by Crippen LogP contribution is -2.31. The summed E-state index contributed by atoms with van der Waals surface area (Å²) in [6, 6.07) is 12.5.